The fraction of sp³-hybridized carbons (Fsp3) is 0.667. The molecule has 2 aromatic rings. The first-order valence-electron chi connectivity index (χ1n) is 9.39. The zero-order valence-corrected chi connectivity index (χ0v) is 15.3. The Hall–Kier alpha value is -2.38. The number of nitrogens with zero attached hydrogens (tertiary/aromatic N) is 5. The van der Waals surface area contributed by atoms with Crippen molar-refractivity contribution in [3.05, 3.63) is 27.2 Å². The molecule has 0 spiro atoms. The van der Waals surface area contributed by atoms with Crippen molar-refractivity contribution in [3.63, 3.8) is 0 Å². The highest BCUT2D eigenvalue weighted by Crippen LogP contribution is 2.35. The largest absolute Gasteiger partial charge is 0.338 e. The summed E-state index contributed by atoms with van der Waals surface area (Å²) in [4.78, 5) is 43.8. The minimum absolute atomic E-state index is 0.0387. The number of piperidine rings is 1. The maximum Gasteiger partial charge on any atom is 0.332 e. The van der Waals surface area contributed by atoms with Crippen molar-refractivity contribution in [2.75, 3.05) is 6.54 Å². The number of amides is 1. The van der Waals surface area contributed by atoms with Gasteiger partial charge in [-0.05, 0) is 31.6 Å². The molecule has 8 heteroatoms. The zero-order chi connectivity index (χ0) is 18.4. The normalized spacial score (nSPS) is 23.2. The topological polar surface area (TPSA) is 82.1 Å². The summed E-state index contributed by atoms with van der Waals surface area (Å²) in [5.41, 5.74) is -0.206. The molecule has 26 heavy (non-hydrogen) atoms. The third kappa shape index (κ3) is 2.59. The van der Waals surface area contributed by atoms with E-state index in [1.807, 2.05) is 4.90 Å². The third-order valence-corrected chi connectivity index (χ3v) is 6.09. The van der Waals surface area contributed by atoms with Gasteiger partial charge in [0.15, 0.2) is 11.2 Å². The third-order valence-electron chi connectivity index (χ3n) is 6.09. The van der Waals surface area contributed by atoms with Crippen LogP contribution in [0.15, 0.2) is 15.9 Å². The van der Waals surface area contributed by atoms with Crippen molar-refractivity contribution in [2.45, 2.75) is 51.1 Å². The molecule has 1 saturated carbocycles. The van der Waals surface area contributed by atoms with E-state index in [-0.39, 0.29) is 12.5 Å². The molecule has 8 nitrogen and oxygen atoms in total. The molecule has 0 bridgehead atoms. The molecule has 1 amide bonds. The van der Waals surface area contributed by atoms with Crippen LogP contribution in [0.25, 0.3) is 11.2 Å². The van der Waals surface area contributed by atoms with E-state index in [2.05, 4.69) is 4.98 Å². The highest BCUT2D eigenvalue weighted by molar-refractivity contribution is 5.79. The van der Waals surface area contributed by atoms with E-state index in [0.29, 0.717) is 23.1 Å². The van der Waals surface area contributed by atoms with Crippen LogP contribution in [0.3, 0.4) is 0 Å². The summed E-state index contributed by atoms with van der Waals surface area (Å²) in [6.07, 6.45) is 8.49. The second kappa shape index (κ2) is 6.41. The van der Waals surface area contributed by atoms with Crippen molar-refractivity contribution in [3.8, 4) is 0 Å². The predicted octanol–water partition coefficient (Wildman–Crippen LogP) is 0.615. The van der Waals surface area contributed by atoms with Gasteiger partial charge in [0.1, 0.15) is 6.54 Å². The molecule has 4 rings (SSSR count). The second-order valence-corrected chi connectivity index (χ2v) is 7.59. The Balaban J connectivity index is 1.66. The molecule has 0 aromatic carbocycles. The van der Waals surface area contributed by atoms with Crippen LogP contribution in [0.5, 0.6) is 0 Å². The van der Waals surface area contributed by atoms with Crippen LogP contribution in [0, 0.1) is 5.92 Å². The summed E-state index contributed by atoms with van der Waals surface area (Å²) in [7, 11) is 3.03. The van der Waals surface area contributed by atoms with Gasteiger partial charge in [-0.15, -0.1) is 0 Å². The summed E-state index contributed by atoms with van der Waals surface area (Å²) < 4.78 is 3.99. The van der Waals surface area contributed by atoms with Crippen LogP contribution in [0.2, 0.25) is 0 Å². The minimum atomic E-state index is -0.417. The lowest BCUT2D eigenvalue weighted by atomic mass is 9.78. The molecule has 3 heterocycles. The molecule has 0 N–H and O–H groups in total. The summed E-state index contributed by atoms with van der Waals surface area (Å²) in [6, 6.07) is 0.340. The minimum Gasteiger partial charge on any atom is -0.338 e. The Morgan fingerprint density at radius 1 is 1.12 bits per heavy atom. The van der Waals surface area contributed by atoms with Crippen LogP contribution in [-0.2, 0) is 25.4 Å². The van der Waals surface area contributed by atoms with Gasteiger partial charge in [-0.3, -0.25) is 18.7 Å². The lowest BCUT2D eigenvalue weighted by molar-refractivity contribution is -0.138. The molecular weight excluding hydrogens is 334 g/mol. The first-order valence-corrected chi connectivity index (χ1v) is 9.39. The van der Waals surface area contributed by atoms with E-state index >= 15 is 0 Å². The van der Waals surface area contributed by atoms with Crippen LogP contribution < -0.4 is 11.2 Å². The molecule has 2 aromatic heterocycles. The van der Waals surface area contributed by atoms with Gasteiger partial charge in [-0.1, -0.05) is 12.8 Å². The number of fused-ring (bicyclic) bond motifs is 2. The van der Waals surface area contributed by atoms with Crippen molar-refractivity contribution in [1.82, 2.24) is 23.6 Å². The van der Waals surface area contributed by atoms with Gasteiger partial charge in [-0.25, -0.2) is 9.78 Å². The van der Waals surface area contributed by atoms with E-state index in [9.17, 15) is 14.4 Å². The van der Waals surface area contributed by atoms with Gasteiger partial charge < -0.3 is 9.47 Å². The Morgan fingerprint density at radius 2 is 1.85 bits per heavy atom. The molecule has 0 radical (unpaired) electrons. The van der Waals surface area contributed by atoms with Crippen molar-refractivity contribution in [1.29, 1.82) is 0 Å². The van der Waals surface area contributed by atoms with Gasteiger partial charge in [0.05, 0.1) is 6.33 Å². The molecule has 140 valence electrons. The maximum absolute atomic E-state index is 13.0. The van der Waals surface area contributed by atoms with E-state index in [1.54, 1.807) is 11.6 Å². The summed E-state index contributed by atoms with van der Waals surface area (Å²) in [5.74, 6) is 0.659. The van der Waals surface area contributed by atoms with Crippen molar-refractivity contribution < 1.29 is 4.79 Å². The monoisotopic (exact) mass is 359 g/mol. The van der Waals surface area contributed by atoms with Crippen LogP contribution >= 0.6 is 0 Å². The van der Waals surface area contributed by atoms with Gasteiger partial charge in [0, 0.05) is 26.7 Å². The lowest BCUT2D eigenvalue weighted by Crippen LogP contribution is -2.50. The van der Waals surface area contributed by atoms with E-state index in [1.165, 1.54) is 43.6 Å². The standard InChI is InChI=1S/C18H25N5O3/c1-20-16-15(17(25)21(2)18(20)26)22(11-19-16)10-14(24)23-9-5-7-12-6-3-4-8-13(12)23/h11-13H,3-10H2,1-2H3/t12-,13-/m0/s1. The Kier molecular flexibility index (Phi) is 4.20. The van der Waals surface area contributed by atoms with Crippen molar-refractivity contribution >= 4 is 17.1 Å². The fourth-order valence-electron chi connectivity index (χ4n) is 4.69. The van der Waals surface area contributed by atoms with Gasteiger partial charge >= 0.3 is 5.69 Å². The summed E-state index contributed by atoms with van der Waals surface area (Å²) >= 11 is 0. The van der Waals surface area contributed by atoms with Crippen molar-refractivity contribution in [2.24, 2.45) is 20.0 Å². The maximum atomic E-state index is 13.0. The number of likely N-dealkylation sites (tertiary alicyclic amines) is 1. The summed E-state index contributed by atoms with van der Waals surface area (Å²) in [5, 5.41) is 0. The van der Waals surface area contributed by atoms with E-state index < -0.39 is 11.2 Å². The molecule has 1 saturated heterocycles. The average Bonchev–Trinajstić information content (AvgIpc) is 3.07. The molecule has 2 aliphatic rings. The first-order chi connectivity index (χ1) is 12.5. The molecule has 0 unspecified atom stereocenters. The van der Waals surface area contributed by atoms with E-state index in [4.69, 9.17) is 0 Å². The number of aryl methyl sites for hydroxylation is 1. The van der Waals surface area contributed by atoms with Gasteiger partial charge in [0.2, 0.25) is 5.91 Å². The predicted molar refractivity (Wildman–Crippen MR) is 96.9 cm³/mol. The lowest BCUT2D eigenvalue weighted by Gasteiger charge is -2.44. The number of carbonyl (C=O) groups is 1. The molecule has 1 aliphatic heterocycles. The quantitative estimate of drug-likeness (QED) is 0.787. The molecule has 1 aliphatic carbocycles. The smallest absolute Gasteiger partial charge is 0.332 e. The summed E-state index contributed by atoms with van der Waals surface area (Å²) in [6.45, 7) is 0.885. The highest BCUT2D eigenvalue weighted by Gasteiger charge is 2.35. The molecular formula is C18H25N5O3. The second-order valence-electron chi connectivity index (χ2n) is 7.59. The number of rotatable bonds is 2. The van der Waals surface area contributed by atoms with E-state index in [0.717, 1.165) is 24.0 Å². The number of carbonyl (C=O) groups excluding carboxylic acids is 1. The molecule has 2 atom stereocenters. The Labute approximate surface area is 151 Å². The number of hydrogen-bond acceptors (Lipinski definition) is 4. The SMILES string of the molecule is Cn1c(=O)c2c(ncn2CC(=O)N2CCC[C@@H]3CCCC[C@@H]32)n(C)c1=O. The van der Waals surface area contributed by atoms with Crippen LogP contribution in [0.1, 0.15) is 38.5 Å². The number of hydrogen-bond donors (Lipinski definition) is 0. The van der Waals surface area contributed by atoms with Crippen LogP contribution in [-0.4, -0.2) is 42.1 Å². The Morgan fingerprint density at radius 3 is 2.65 bits per heavy atom. The zero-order valence-electron chi connectivity index (χ0n) is 15.3. The number of imidazole rings is 1. The highest BCUT2D eigenvalue weighted by atomic mass is 16.2. The van der Waals surface area contributed by atoms with Gasteiger partial charge in [0.25, 0.3) is 5.56 Å². The first kappa shape index (κ1) is 17.1. The molecule has 2 fully saturated rings. The number of aromatic nitrogens is 4. The van der Waals surface area contributed by atoms with Crippen LogP contribution in [0.4, 0.5) is 0 Å². The average molecular weight is 359 g/mol. The Bertz CT molecular complexity index is 968. The fourth-order valence-corrected chi connectivity index (χ4v) is 4.69. The van der Waals surface area contributed by atoms with Gasteiger partial charge in [-0.2, -0.15) is 0 Å².